The molecule has 0 aliphatic carbocycles. The summed E-state index contributed by atoms with van der Waals surface area (Å²) in [6.45, 7) is 7.86. The third-order valence-corrected chi connectivity index (χ3v) is 6.93. The lowest BCUT2D eigenvalue weighted by Crippen LogP contribution is -2.65. The van der Waals surface area contributed by atoms with E-state index in [4.69, 9.17) is 9.72 Å². The van der Waals surface area contributed by atoms with Crippen molar-refractivity contribution in [2.45, 2.75) is 51.4 Å². The predicted octanol–water partition coefficient (Wildman–Crippen LogP) is 3.43. The Labute approximate surface area is 166 Å². The second-order valence-electron chi connectivity index (χ2n) is 8.95. The zero-order valence-corrected chi connectivity index (χ0v) is 16.8. The van der Waals surface area contributed by atoms with Gasteiger partial charge in [-0.2, -0.15) is 0 Å². The zero-order chi connectivity index (χ0) is 19.3. The Morgan fingerprint density at radius 2 is 2.11 bits per heavy atom. The highest BCUT2D eigenvalue weighted by Gasteiger charge is 2.58. The second-order valence-corrected chi connectivity index (χ2v) is 8.95. The summed E-state index contributed by atoms with van der Waals surface area (Å²) in [5, 5.41) is 1.18. The Morgan fingerprint density at radius 3 is 2.96 bits per heavy atom. The van der Waals surface area contributed by atoms with Gasteiger partial charge in [0.1, 0.15) is 5.72 Å². The van der Waals surface area contributed by atoms with Crippen molar-refractivity contribution in [1.29, 1.82) is 0 Å². The zero-order valence-electron chi connectivity index (χ0n) is 16.8. The van der Waals surface area contributed by atoms with E-state index in [1.807, 2.05) is 6.07 Å². The molecule has 1 spiro atoms. The molecule has 3 aliphatic rings. The molecule has 0 bridgehead atoms. The largest absolute Gasteiger partial charge is 0.353 e. The molecule has 1 amide bonds. The molecule has 3 atom stereocenters. The predicted molar refractivity (Wildman–Crippen MR) is 109 cm³/mol. The minimum absolute atomic E-state index is 0.226. The van der Waals surface area contributed by atoms with Gasteiger partial charge in [0.15, 0.2) is 0 Å². The van der Waals surface area contributed by atoms with Crippen molar-refractivity contribution in [1.82, 2.24) is 14.8 Å². The van der Waals surface area contributed by atoms with Crippen LogP contribution in [-0.4, -0.2) is 52.2 Å². The van der Waals surface area contributed by atoms with Crippen LogP contribution in [0.2, 0.25) is 0 Å². The maximum atomic E-state index is 12.8. The fourth-order valence-corrected chi connectivity index (χ4v) is 5.42. The van der Waals surface area contributed by atoms with Gasteiger partial charge in [-0.1, -0.05) is 38.1 Å². The van der Waals surface area contributed by atoms with Gasteiger partial charge in [0.05, 0.1) is 23.9 Å². The standard InChI is InChI=1S/C23H29N3O2/c1-16(2)21-15-28-23-11-12-25(13-18(23)8-10-22(27)26(21)23)14-19-9-7-17-5-3-4-6-20(17)24-19/h3-7,9,16,18,21H,8,10-15H2,1-2H3/t18-,21-,23-/m1/s1. The minimum atomic E-state index is -0.364. The summed E-state index contributed by atoms with van der Waals surface area (Å²) in [6.07, 6.45) is 2.49. The highest BCUT2D eigenvalue weighted by atomic mass is 16.5. The molecule has 4 heterocycles. The number of amides is 1. The maximum Gasteiger partial charge on any atom is 0.225 e. The van der Waals surface area contributed by atoms with Crippen molar-refractivity contribution in [2.24, 2.45) is 11.8 Å². The number of pyridine rings is 1. The molecular weight excluding hydrogens is 350 g/mol. The number of aromatic nitrogens is 1. The number of likely N-dealkylation sites (tertiary alicyclic amines) is 1. The second kappa shape index (κ2) is 6.82. The van der Waals surface area contributed by atoms with E-state index in [1.54, 1.807) is 0 Å². The molecule has 3 fully saturated rings. The van der Waals surface area contributed by atoms with Crippen molar-refractivity contribution in [2.75, 3.05) is 19.7 Å². The van der Waals surface area contributed by atoms with E-state index in [2.05, 4.69) is 54.0 Å². The van der Waals surface area contributed by atoms with Crippen LogP contribution in [0, 0.1) is 11.8 Å². The van der Waals surface area contributed by atoms with E-state index >= 15 is 0 Å². The van der Waals surface area contributed by atoms with Gasteiger partial charge in [-0.25, -0.2) is 0 Å². The molecule has 0 saturated carbocycles. The number of carbonyl (C=O) groups excluding carboxylic acids is 1. The average molecular weight is 380 g/mol. The highest BCUT2D eigenvalue weighted by Crippen LogP contribution is 2.47. The minimum Gasteiger partial charge on any atom is -0.353 e. The van der Waals surface area contributed by atoms with Gasteiger partial charge < -0.3 is 9.64 Å². The molecule has 0 radical (unpaired) electrons. The number of carbonyl (C=O) groups is 1. The molecule has 0 N–H and O–H groups in total. The normalized spacial score (nSPS) is 30.7. The highest BCUT2D eigenvalue weighted by molar-refractivity contribution is 5.79. The van der Waals surface area contributed by atoms with E-state index in [1.165, 1.54) is 5.39 Å². The van der Waals surface area contributed by atoms with Crippen LogP contribution in [0.3, 0.4) is 0 Å². The maximum absolute atomic E-state index is 12.8. The number of hydrogen-bond acceptors (Lipinski definition) is 4. The summed E-state index contributed by atoms with van der Waals surface area (Å²) >= 11 is 0. The van der Waals surface area contributed by atoms with Crippen molar-refractivity contribution in [3.05, 3.63) is 42.1 Å². The molecule has 0 unspecified atom stereocenters. The molecule has 1 aromatic carbocycles. The quantitative estimate of drug-likeness (QED) is 0.820. The number of ether oxygens (including phenoxy) is 1. The number of nitrogens with zero attached hydrogens (tertiary/aromatic N) is 3. The number of piperidine rings is 2. The summed E-state index contributed by atoms with van der Waals surface area (Å²) in [6, 6.07) is 12.8. The molecule has 2 aromatic rings. The molecule has 5 rings (SSSR count). The van der Waals surface area contributed by atoms with Crippen LogP contribution >= 0.6 is 0 Å². The monoisotopic (exact) mass is 379 g/mol. The van der Waals surface area contributed by atoms with Crippen LogP contribution in [0.25, 0.3) is 10.9 Å². The van der Waals surface area contributed by atoms with Gasteiger partial charge in [-0.15, -0.1) is 0 Å². The molecule has 1 aromatic heterocycles. The molecule has 3 saturated heterocycles. The van der Waals surface area contributed by atoms with E-state index in [0.29, 0.717) is 24.9 Å². The first kappa shape index (κ1) is 18.1. The number of rotatable bonds is 3. The van der Waals surface area contributed by atoms with Crippen molar-refractivity contribution in [3.63, 3.8) is 0 Å². The summed E-state index contributed by atoms with van der Waals surface area (Å²) in [5.74, 6) is 1.11. The van der Waals surface area contributed by atoms with Crippen LogP contribution in [0.5, 0.6) is 0 Å². The lowest BCUT2D eigenvalue weighted by molar-refractivity contribution is -0.193. The van der Waals surface area contributed by atoms with E-state index in [0.717, 1.165) is 43.7 Å². The van der Waals surface area contributed by atoms with E-state index < -0.39 is 0 Å². The lowest BCUT2D eigenvalue weighted by Gasteiger charge is -2.53. The van der Waals surface area contributed by atoms with Crippen LogP contribution in [0.1, 0.15) is 38.8 Å². The third-order valence-electron chi connectivity index (χ3n) is 6.93. The summed E-state index contributed by atoms with van der Waals surface area (Å²) < 4.78 is 6.41. The van der Waals surface area contributed by atoms with E-state index in [-0.39, 0.29) is 17.7 Å². The van der Waals surface area contributed by atoms with Crippen LogP contribution in [-0.2, 0) is 16.1 Å². The smallest absolute Gasteiger partial charge is 0.225 e. The fraction of sp³-hybridized carbons (Fsp3) is 0.565. The van der Waals surface area contributed by atoms with Gasteiger partial charge in [0.25, 0.3) is 0 Å². The number of benzene rings is 1. The molecule has 3 aliphatic heterocycles. The Balaban J connectivity index is 1.34. The SMILES string of the molecule is CC(C)[C@H]1CO[C@]23CCN(Cc4ccc5ccccc5n4)C[C@H]2CCC(=O)N13. The molecular formula is C23H29N3O2. The van der Waals surface area contributed by atoms with Gasteiger partial charge in [0, 0.05) is 43.8 Å². The first-order valence-corrected chi connectivity index (χ1v) is 10.6. The number of fused-ring (bicyclic) bond motifs is 1. The topological polar surface area (TPSA) is 45.7 Å². The fourth-order valence-electron chi connectivity index (χ4n) is 5.42. The molecule has 5 nitrogen and oxygen atoms in total. The molecule has 5 heteroatoms. The lowest BCUT2D eigenvalue weighted by atomic mass is 9.79. The van der Waals surface area contributed by atoms with Crippen LogP contribution < -0.4 is 0 Å². The van der Waals surface area contributed by atoms with Gasteiger partial charge in [0.2, 0.25) is 5.91 Å². The van der Waals surface area contributed by atoms with Crippen LogP contribution in [0.15, 0.2) is 36.4 Å². The summed E-state index contributed by atoms with van der Waals surface area (Å²) in [5.41, 5.74) is 1.81. The van der Waals surface area contributed by atoms with Crippen LogP contribution in [0.4, 0.5) is 0 Å². The number of hydrogen-bond donors (Lipinski definition) is 0. The Bertz CT molecular complexity index is 898. The Kier molecular flexibility index (Phi) is 4.40. The average Bonchev–Trinajstić information content (AvgIpc) is 3.10. The van der Waals surface area contributed by atoms with Crippen molar-refractivity contribution >= 4 is 16.8 Å². The molecule has 148 valence electrons. The molecule has 28 heavy (non-hydrogen) atoms. The Hall–Kier alpha value is -1.98. The number of para-hydroxylation sites is 1. The Morgan fingerprint density at radius 1 is 1.25 bits per heavy atom. The first-order chi connectivity index (χ1) is 13.6. The van der Waals surface area contributed by atoms with Gasteiger partial charge >= 0.3 is 0 Å². The summed E-state index contributed by atoms with van der Waals surface area (Å²) in [4.78, 5) is 22.2. The first-order valence-electron chi connectivity index (χ1n) is 10.6. The van der Waals surface area contributed by atoms with Crippen molar-refractivity contribution in [3.8, 4) is 0 Å². The third kappa shape index (κ3) is 2.83. The van der Waals surface area contributed by atoms with Gasteiger partial charge in [-0.3, -0.25) is 14.7 Å². The summed E-state index contributed by atoms with van der Waals surface area (Å²) in [7, 11) is 0. The van der Waals surface area contributed by atoms with Gasteiger partial charge in [-0.05, 0) is 24.5 Å². The van der Waals surface area contributed by atoms with Crippen molar-refractivity contribution < 1.29 is 9.53 Å². The van der Waals surface area contributed by atoms with E-state index in [9.17, 15) is 4.79 Å².